The van der Waals surface area contributed by atoms with E-state index in [-0.39, 0.29) is 11.9 Å². The van der Waals surface area contributed by atoms with Crippen molar-refractivity contribution < 1.29 is 4.79 Å². The Morgan fingerprint density at radius 2 is 2.22 bits per heavy atom. The molecule has 94 valence electrons. The van der Waals surface area contributed by atoms with Gasteiger partial charge < -0.3 is 15.6 Å². The molecule has 1 aromatic carbocycles. The molecule has 1 saturated heterocycles. The fraction of sp³-hybridized carbons (Fsp3) is 0.357. The molecular weight excluding hydrogens is 226 g/mol. The van der Waals surface area contributed by atoms with Crippen LogP contribution in [0.5, 0.6) is 0 Å². The molecule has 4 nitrogen and oxygen atoms in total. The number of H-pyrrole nitrogens is 1. The molecule has 2 aromatic rings. The Balaban J connectivity index is 1.79. The average molecular weight is 243 g/mol. The molecule has 18 heavy (non-hydrogen) atoms. The Hall–Kier alpha value is -1.81. The van der Waals surface area contributed by atoms with E-state index in [0.717, 1.165) is 42.4 Å². The van der Waals surface area contributed by atoms with Gasteiger partial charge in [-0.25, -0.2) is 0 Å². The van der Waals surface area contributed by atoms with Crippen molar-refractivity contribution in [1.82, 2.24) is 10.3 Å². The van der Waals surface area contributed by atoms with Gasteiger partial charge in [0.25, 0.3) is 0 Å². The minimum Gasteiger partial charge on any atom is -0.361 e. The second-order valence-corrected chi connectivity index (χ2v) is 4.74. The summed E-state index contributed by atoms with van der Waals surface area (Å²) in [5, 5.41) is 7.34. The summed E-state index contributed by atoms with van der Waals surface area (Å²) >= 11 is 0. The number of carbonyl (C=O) groups is 1. The number of fused-ring (bicyclic) bond motifs is 1. The Morgan fingerprint density at radius 3 is 3.06 bits per heavy atom. The topological polar surface area (TPSA) is 56.9 Å². The van der Waals surface area contributed by atoms with Crippen LogP contribution >= 0.6 is 0 Å². The van der Waals surface area contributed by atoms with Crippen molar-refractivity contribution in [2.24, 2.45) is 0 Å². The number of aromatic nitrogens is 1. The van der Waals surface area contributed by atoms with Gasteiger partial charge in [0, 0.05) is 17.1 Å². The number of hydrogen-bond donors (Lipinski definition) is 3. The van der Waals surface area contributed by atoms with Crippen LogP contribution in [0, 0.1) is 0 Å². The highest BCUT2D eigenvalue weighted by Crippen LogP contribution is 2.22. The largest absolute Gasteiger partial charge is 0.361 e. The maximum Gasteiger partial charge on any atom is 0.241 e. The summed E-state index contributed by atoms with van der Waals surface area (Å²) in [4.78, 5) is 15.3. The third-order valence-corrected chi connectivity index (χ3v) is 3.48. The fourth-order valence-corrected chi connectivity index (χ4v) is 2.49. The predicted molar refractivity (Wildman–Crippen MR) is 72.6 cm³/mol. The molecule has 0 aliphatic carbocycles. The molecule has 0 radical (unpaired) electrons. The molecule has 1 unspecified atom stereocenters. The van der Waals surface area contributed by atoms with E-state index in [0.29, 0.717) is 0 Å². The Labute approximate surface area is 106 Å². The van der Waals surface area contributed by atoms with Crippen molar-refractivity contribution in [2.45, 2.75) is 25.3 Å². The molecule has 0 bridgehead atoms. The van der Waals surface area contributed by atoms with E-state index >= 15 is 0 Å². The predicted octanol–water partition coefficient (Wildman–Crippen LogP) is 2.25. The van der Waals surface area contributed by atoms with Crippen LogP contribution in [-0.2, 0) is 4.79 Å². The number of amides is 1. The van der Waals surface area contributed by atoms with Gasteiger partial charge in [0.1, 0.15) is 0 Å². The fourth-order valence-electron chi connectivity index (χ4n) is 2.49. The smallest absolute Gasteiger partial charge is 0.241 e. The lowest BCUT2D eigenvalue weighted by Gasteiger charge is -2.22. The van der Waals surface area contributed by atoms with Gasteiger partial charge in [0.05, 0.1) is 11.7 Å². The van der Waals surface area contributed by atoms with Gasteiger partial charge in [-0.1, -0.05) is 12.5 Å². The van der Waals surface area contributed by atoms with Gasteiger partial charge >= 0.3 is 0 Å². The number of carbonyl (C=O) groups excluding carboxylic acids is 1. The lowest BCUT2D eigenvalue weighted by atomic mass is 10.0. The number of rotatable bonds is 2. The van der Waals surface area contributed by atoms with Crippen LogP contribution < -0.4 is 10.6 Å². The maximum atomic E-state index is 12.1. The third kappa shape index (κ3) is 2.11. The van der Waals surface area contributed by atoms with E-state index in [1.165, 1.54) is 0 Å². The van der Waals surface area contributed by atoms with Crippen molar-refractivity contribution in [2.75, 3.05) is 11.9 Å². The summed E-state index contributed by atoms with van der Waals surface area (Å²) in [5.74, 6) is 0.0726. The highest BCUT2D eigenvalue weighted by atomic mass is 16.2. The molecule has 3 N–H and O–H groups in total. The standard InChI is InChI=1S/C14H17N3O/c18-14(13-4-1-2-8-15-13)17-12-6-3-5-11-10(12)7-9-16-11/h3,5-7,9,13,15-16H,1-2,4,8H2,(H,17,18). The van der Waals surface area contributed by atoms with E-state index in [2.05, 4.69) is 15.6 Å². The van der Waals surface area contributed by atoms with Gasteiger partial charge in [-0.05, 0) is 37.6 Å². The summed E-state index contributed by atoms with van der Waals surface area (Å²) in [5.41, 5.74) is 1.93. The monoisotopic (exact) mass is 243 g/mol. The Morgan fingerprint density at radius 1 is 1.28 bits per heavy atom. The van der Waals surface area contributed by atoms with E-state index in [1.54, 1.807) is 0 Å². The minimum absolute atomic E-state index is 0.0482. The number of piperidine rings is 1. The zero-order valence-electron chi connectivity index (χ0n) is 10.2. The summed E-state index contributed by atoms with van der Waals surface area (Å²) in [6, 6.07) is 7.83. The molecule has 1 aliphatic rings. The molecule has 1 amide bonds. The zero-order valence-corrected chi connectivity index (χ0v) is 10.2. The quantitative estimate of drug-likeness (QED) is 0.757. The molecule has 0 spiro atoms. The molecule has 1 aliphatic heterocycles. The first kappa shape index (κ1) is 11.3. The van der Waals surface area contributed by atoms with E-state index < -0.39 is 0 Å². The van der Waals surface area contributed by atoms with Crippen molar-refractivity contribution in [3.63, 3.8) is 0 Å². The lowest BCUT2D eigenvalue weighted by Crippen LogP contribution is -2.43. The van der Waals surface area contributed by atoms with Gasteiger partial charge in [0.15, 0.2) is 0 Å². The van der Waals surface area contributed by atoms with Gasteiger partial charge in [-0.3, -0.25) is 4.79 Å². The number of benzene rings is 1. The summed E-state index contributed by atoms with van der Waals surface area (Å²) in [6.45, 7) is 0.937. The van der Waals surface area contributed by atoms with Crippen LogP contribution in [0.3, 0.4) is 0 Å². The molecule has 2 heterocycles. The molecule has 1 fully saturated rings. The molecule has 0 saturated carbocycles. The summed E-state index contributed by atoms with van der Waals surface area (Å²) in [6.07, 6.45) is 5.10. The van der Waals surface area contributed by atoms with Crippen LogP contribution in [0.1, 0.15) is 19.3 Å². The van der Waals surface area contributed by atoms with Crippen LogP contribution in [-0.4, -0.2) is 23.5 Å². The summed E-state index contributed by atoms with van der Waals surface area (Å²) < 4.78 is 0. The molecule has 1 aromatic heterocycles. The Kier molecular flexibility index (Phi) is 3.02. The van der Waals surface area contributed by atoms with Crippen molar-refractivity contribution in [3.05, 3.63) is 30.5 Å². The highest BCUT2D eigenvalue weighted by molar-refractivity contribution is 6.03. The normalized spacial score (nSPS) is 19.9. The number of anilines is 1. The molecule has 3 rings (SSSR count). The second kappa shape index (κ2) is 4.82. The van der Waals surface area contributed by atoms with E-state index in [9.17, 15) is 4.79 Å². The van der Waals surface area contributed by atoms with Gasteiger partial charge in [0.2, 0.25) is 5.91 Å². The van der Waals surface area contributed by atoms with Crippen molar-refractivity contribution >= 4 is 22.5 Å². The average Bonchev–Trinajstić information content (AvgIpc) is 2.89. The minimum atomic E-state index is -0.0482. The molecule has 1 atom stereocenters. The van der Waals surface area contributed by atoms with E-state index in [1.807, 2.05) is 30.5 Å². The van der Waals surface area contributed by atoms with Gasteiger partial charge in [-0.2, -0.15) is 0 Å². The SMILES string of the molecule is O=C(Nc1cccc2[nH]ccc12)C1CCCCN1. The van der Waals surface area contributed by atoms with Crippen LogP contribution in [0.15, 0.2) is 30.5 Å². The van der Waals surface area contributed by atoms with Gasteiger partial charge in [-0.15, -0.1) is 0 Å². The van der Waals surface area contributed by atoms with Crippen molar-refractivity contribution in [1.29, 1.82) is 0 Å². The first-order valence-corrected chi connectivity index (χ1v) is 6.45. The van der Waals surface area contributed by atoms with Crippen LogP contribution in [0.25, 0.3) is 10.9 Å². The van der Waals surface area contributed by atoms with Crippen LogP contribution in [0.4, 0.5) is 5.69 Å². The first-order valence-electron chi connectivity index (χ1n) is 6.45. The van der Waals surface area contributed by atoms with E-state index in [4.69, 9.17) is 0 Å². The summed E-state index contributed by atoms with van der Waals surface area (Å²) in [7, 11) is 0. The number of hydrogen-bond acceptors (Lipinski definition) is 2. The lowest BCUT2D eigenvalue weighted by molar-refractivity contribution is -0.118. The number of aromatic amines is 1. The van der Waals surface area contributed by atoms with Crippen LogP contribution in [0.2, 0.25) is 0 Å². The zero-order chi connectivity index (χ0) is 12.4. The Bertz CT molecular complexity index is 555. The number of nitrogens with one attached hydrogen (secondary N) is 3. The highest BCUT2D eigenvalue weighted by Gasteiger charge is 2.20. The second-order valence-electron chi connectivity index (χ2n) is 4.74. The molecular formula is C14H17N3O. The van der Waals surface area contributed by atoms with Crippen molar-refractivity contribution in [3.8, 4) is 0 Å². The maximum absolute atomic E-state index is 12.1. The first-order chi connectivity index (χ1) is 8.84. The molecule has 4 heteroatoms. The third-order valence-electron chi connectivity index (χ3n) is 3.48.